The predicted molar refractivity (Wildman–Crippen MR) is 117 cm³/mol. The highest BCUT2D eigenvalue weighted by Gasteiger charge is 2.35. The minimum atomic E-state index is -4.47. The van der Waals surface area contributed by atoms with E-state index in [1.807, 2.05) is 48.5 Å². The summed E-state index contributed by atoms with van der Waals surface area (Å²) in [5.41, 5.74) is 2.20. The van der Waals surface area contributed by atoms with E-state index in [0.29, 0.717) is 23.7 Å². The fourth-order valence-electron chi connectivity index (χ4n) is 4.23. The van der Waals surface area contributed by atoms with Crippen molar-refractivity contribution in [2.24, 2.45) is 5.92 Å². The first-order chi connectivity index (χ1) is 14.8. The molecule has 1 fully saturated rings. The zero-order chi connectivity index (χ0) is 22.0. The molecular formula is C24H25F3N2OS. The maximum absolute atomic E-state index is 13.4. The van der Waals surface area contributed by atoms with Crippen LogP contribution in [0.2, 0.25) is 0 Å². The van der Waals surface area contributed by atoms with Gasteiger partial charge in [0.25, 0.3) is 0 Å². The zero-order valence-corrected chi connectivity index (χ0v) is 18.2. The van der Waals surface area contributed by atoms with Crippen LogP contribution in [-0.2, 0) is 23.5 Å². The van der Waals surface area contributed by atoms with Crippen LogP contribution >= 0.6 is 0 Å². The fraction of sp³-hybridized carbons (Fsp3) is 0.375. The standard InChI is InChI=1S/C24H25F3N2OS/c1-31(30)21-9-5-8-20(14-21)18-10-12-19(13-11-18)22-15-23(24(25,26)27)28-29(22)16-17-6-3-2-4-7-17/h5,8-15,17H,2-4,6-7,16H2,1H3. The number of aromatic nitrogens is 2. The molecule has 0 amide bonds. The summed E-state index contributed by atoms with van der Waals surface area (Å²) in [5.74, 6) is 0.366. The second-order valence-corrected chi connectivity index (χ2v) is 9.54. The van der Waals surface area contributed by atoms with E-state index in [1.165, 1.54) is 11.1 Å². The molecule has 1 heterocycles. The molecule has 7 heteroatoms. The van der Waals surface area contributed by atoms with Gasteiger partial charge in [-0.05, 0) is 53.6 Å². The van der Waals surface area contributed by atoms with Crippen molar-refractivity contribution in [3.8, 4) is 22.4 Å². The van der Waals surface area contributed by atoms with Crippen molar-refractivity contribution in [2.45, 2.75) is 49.7 Å². The summed E-state index contributed by atoms with van der Waals surface area (Å²) < 4.78 is 53.4. The topological polar surface area (TPSA) is 34.9 Å². The summed E-state index contributed by atoms with van der Waals surface area (Å²) in [6.45, 7) is 0.511. The summed E-state index contributed by atoms with van der Waals surface area (Å²) in [6, 6.07) is 16.1. The van der Waals surface area contributed by atoms with Gasteiger partial charge < -0.3 is 0 Å². The molecule has 3 aromatic rings. The molecule has 1 unspecified atom stereocenters. The third-order valence-electron chi connectivity index (χ3n) is 5.91. The van der Waals surface area contributed by atoms with Gasteiger partial charge in [-0.3, -0.25) is 8.89 Å². The molecule has 164 valence electrons. The van der Waals surface area contributed by atoms with Crippen LogP contribution < -0.4 is 0 Å². The van der Waals surface area contributed by atoms with Crippen LogP contribution in [0.3, 0.4) is 0 Å². The Kier molecular flexibility index (Phi) is 6.32. The Labute approximate surface area is 182 Å². The van der Waals surface area contributed by atoms with Gasteiger partial charge in [-0.15, -0.1) is 0 Å². The third kappa shape index (κ3) is 5.09. The van der Waals surface area contributed by atoms with Gasteiger partial charge in [0, 0.05) is 28.5 Å². The molecule has 0 spiro atoms. The van der Waals surface area contributed by atoms with Gasteiger partial charge in [0.05, 0.1) is 5.69 Å². The average Bonchev–Trinajstić information content (AvgIpc) is 3.19. The van der Waals surface area contributed by atoms with E-state index in [9.17, 15) is 17.4 Å². The summed E-state index contributed by atoms with van der Waals surface area (Å²) in [7, 11) is -1.08. The Balaban J connectivity index is 1.65. The summed E-state index contributed by atoms with van der Waals surface area (Å²) in [4.78, 5) is 0.738. The van der Waals surface area contributed by atoms with Crippen LogP contribution in [-0.4, -0.2) is 20.2 Å². The van der Waals surface area contributed by atoms with Gasteiger partial charge in [0.1, 0.15) is 0 Å². The highest BCUT2D eigenvalue weighted by atomic mass is 32.2. The molecule has 3 nitrogen and oxygen atoms in total. The Morgan fingerprint density at radius 3 is 2.29 bits per heavy atom. The lowest BCUT2D eigenvalue weighted by Crippen LogP contribution is -2.16. The van der Waals surface area contributed by atoms with Crippen LogP contribution in [0.25, 0.3) is 22.4 Å². The number of nitrogens with zero attached hydrogens (tertiary/aromatic N) is 2. The maximum atomic E-state index is 13.4. The second kappa shape index (κ2) is 8.99. The fourth-order valence-corrected chi connectivity index (χ4v) is 4.79. The first-order valence-electron chi connectivity index (χ1n) is 10.5. The molecule has 31 heavy (non-hydrogen) atoms. The molecule has 1 saturated carbocycles. The Bertz CT molecular complexity index is 1070. The Morgan fingerprint density at radius 1 is 0.968 bits per heavy atom. The Hall–Kier alpha value is -2.41. The molecule has 4 rings (SSSR count). The molecule has 0 saturated heterocycles. The van der Waals surface area contributed by atoms with Gasteiger partial charge in [0.15, 0.2) is 5.69 Å². The molecule has 1 atom stereocenters. The molecule has 0 aliphatic heterocycles. The van der Waals surface area contributed by atoms with Crippen molar-refractivity contribution in [2.75, 3.05) is 6.26 Å². The van der Waals surface area contributed by atoms with Crippen molar-refractivity contribution in [1.82, 2.24) is 9.78 Å². The van der Waals surface area contributed by atoms with Crippen LogP contribution in [0, 0.1) is 5.92 Å². The minimum Gasteiger partial charge on any atom is -0.264 e. The molecule has 1 aromatic heterocycles. The monoisotopic (exact) mass is 446 g/mol. The van der Waals surface area contributed by atoms with Crippen LogP contribution in [0.5, 0.6) is 0 Å². The van der Waals surface area contributed by atoms with Gasteiger partial charge in [0.2, 0.25) is 0 Å². The van der Waals surface area contributed by atoms with Gasteiger partial charge in [-0.2, -0.15) is 18.3 Å². The number of rotatable bonds is 5. The van der Waals surface area contributed by atoms with Crippen molar-refractivity contribution in [1.29, 1.82) is 0 Å². The minimum absolute atomic E-state index is 0.366. The largest absolute Gasteiger partial charge is 0.435 e. The van der Waals surface area contributed by atoms with Gasteiger partial charge in [-0.1, -0.05) is 55.7 Å². The van der Waals surface area contributed by atoms with Crippen molar-refractivity contribution in [3.63, 3.8) is 0 Å². The highest BCUT2D eigenvalue weighted by Crippen LogP contribution is 2.34. The summed E-state index contributed by atoms with van der Waals surface area (Å²) >= 11 is 0. The van der Waals surface area contributed by atoms with E-state index in [0.717, 1.165) is 47.8 Å². The van der Waals surface area contributed by atoms with Crippen LogP contribution in [0.4, 0.5) is 13.2 Å². The lowest BCUT2D eigenvalue weighted by molar-refractivity contribution is -0.141. The number of alkyl halides is 3. The average molecular weight is 447 g/mol. The van der Waals surface area contributed by atoms with E-state index in [-0.39, 0.29) is 0 Å². The normalized spacial score (nSPS) is 16.4. The molecule has 0 radical (unpaired) electrons. The van der Waals surface area contributed by atoms with E-state index in [2.05, 4.69) is 5.10 Å². The lowest BCUT2D eigenvalue weighted by atomic mass is 9.89. The van der Waals surface area contributed by atoms with E-state index >= 15 is 0 Å². The number of benzene rings is 2. The van der Waals surface area contributed by atoms with Gasteiger partial charge >= 0.3 is 6.18 Å². The summed E-state index contributed by atoms with van der Waals surface area (Å²) in [5, 5.41) is 3.92. The molecule has 0 N–H and O–H groups in total. The SMILES string of the molecule is CS(=O)c1cccc(-c2ccc(-c3cc(C(F)(F)F)nn3CC3CCCCC3)cc2)c1. The molecular weight excluding hydrogens is 421 g/mol. The lowest BCUT2D eigenvalue weighted by Gasteiger charge is -2.22. The van der Waals surface area contributed by atoms with E-state index in [4.69, 9.17) is 0 Å². The third-order valence-corrected chi connectivity index (χ3v) is 6.82. The van der Waals surface area contributed by atoms with E-state index < -0.39 is 22.7 Å². The number of hydrogen-bond donors (Lipinski definition) is 0. The maximum Gasteiger partial charge on any atom is 0.435 e. The van der Waals surface area contributed by atoms with Crippen molar-refractivity contribution >= 4 is 10.8 Å². The van der Waals surface area contributed by atoms with Gasteiger partial charge in [-0.25, -0.2) is 0 Å². The summed E-state index contributed by atoms with van der Waals surface area (Å²) in [6.07, 6.45) is 2.69. The quantitative estimate of drug-likeness (QED) is 0.445. The van der Waals surface area contributed by atoms with E-state index in [1.54, 1.807) is 6.26 Å². The molecule has 1 aliphatic rings. The molecule has 0 bridgehead atoms. The predicted octanol–water partition coefficient (Wildman–Crippen LogP) is 6.55. The van der Waals surface area contributed by atoms with Crippen molar-refractivity contribution < 1.29 is 17.4 Å². The molecule has 1 aliphatic carbocycles. The smallest absolute Gasteiger partial charge is 0.264 e. The van der Waals surface area contributed by atoms with Crippen LogP contribution in [0.1, 0.15) is 37.8 Å². The first kappa shape index (κ1) is 21.8. The second-order valence-electron chi connectivity index (χ2n) is 8.16. The molecule has 2 aromatic carbocycles. The number of hydrogen-bond acceptors (Lipinski definition) is 2. The Morgan fingerprint density at radius 2 is 1.65 bits per heavy atom. The highest BCUT2D eigenvalue weighted by molar-refractivity contribution is 7.84. The zero-order valence-electron chi connectivity index (χ0n) is 17.4. The van der Waals surface area contributed by atoms with Crippen LogP contribution in [0.15, 0.2) is 59.5 Å². The number of halogens is 3. The first-order valence-corrected chi connectivity index (χ1v) is 12.1. The van der Waals surface area contributed by atoms with Crippen molar-refractivity contribution in [3.05, 3.63) is 60.3 Å².